The number of benzene rings is 1. The predicted molar refractivity (Wildman–Crippen MR) is 123 cm³/mol. The van der Waals surface area contributed by atoms with E-state index in [2.05, 4.69) is 22.0 Å². The molecule has 2 heterocycles. The van der Waals surface area contributed by atoms with Crippen molar-refractivity contribution in [2.45, 2.75) is 51.3 Å². The van der Waals surface area contributed by atoms with Gasteiger partial charge in [-0.25, -0.2) is 9.59 Å². The van der Waals surface area contributed by atoms with Crippen LogP contribution in [0, 0.1) is 17.2 Å². The smallest absolute Gasteiger partial charge is 0.475 e. The van der Waals surface area contributed by atoms with Gasteiger partial charge < -0.3 is 14.9 Å². The summed E-state index contributed by atoms with van der Waals surface area (Å²) < 4.78 is 69.3. The predicted octanol–water partition coefficient (Wildman–Crippen LogP) is 4.70. The van der Waals surface area contributed by atoms with E-state index < -0.39 is 24.3 Å². The van der Waals surface area contributed by atoms with Gasteiger partial charge in [0.2, 0.25) is 0 Å². The minimum Gasteiger partial charge on any atom is -0.475 e. The summed E-state index contributed by atoms with van der Waals surface area (Å²) in [5.74, 6) is -4.72. The minimum atomic E-state index is -5.08. The number of carboxylic acids is 2. The van der Waals surface area contributed by atoms with E-state index in [4.69, 9.17) is 29.8 Å². The molecule has 2 aromatic rings. The Morgan fingerprint density at radius 3 is 2.23 bits per heavy atom. The number of aromatic nitrogens is 1. The van der Waals surface area contributed by atoms with Crippen molar-refractivity contribution in [3.63, 3.8) is 0 Å². The third-order valence-electron chi connectivity index (χ3n) is 5.56. The monoisotopic (exact) mass is 561 g/mol. The number of nitriles is 1. The number of aliphatic carboxylic acids is 2. The molecule has 1 aromatic carbocycles. The Morgan fingerprint density at radius 1 is 1.08 bits per heavy atom. The molecule has 0 unspecified atom stereocenters. The average molecular weight is 561 g/mol. The van der Waals surface area contributed by atoms with Crippen LogP contribution in [0.5, 0.6) is 0 Å². The molecule has 8 nitrogen and oxygen atoms in total. The lowest BCUT2D eigenvalue weighted by Gasteiger charge is -2.29. The molecule has 1 aliphatic carbocycles. The van der Waals surface area contributed by atoms with Crippen molar-refractivity contribution in [2.24, 2.45) is 5.92 Å². The Kier molecular flexibility index (Phi) is 11.2. The van der Waals surface area contributed by atoms with Gasteiger partial charge >= 0.3 is 24.3 Å². The highest BCUT2D eigenvalue weighted by molar-refractivity contribution is 5.73. The number of ether oxygens (including phenoxy) is 1. The summed E-state index contributed by atoms with van der Waals surface area (Å²) in [7, 11) is 0. The highest BCUT2D eigenvalue weighted by Crippen LogP contribution is 2.30. The van der Waals surface area contributed by atoms with Crippen LogP contribution < -0.4 is 0 Å². The van der Waals surface area contributed by atoms with E-state index in [1.54, 1.807) is 0 Å². The van der Waals surface area contributed by atoms with Gasteiger partial charge in [0, 0.05) is 38.6 Å². The van der Waals surface area contributed by atoms with Crippen molar-refractivity contribution >= 4 is 11.9 Å². The van der Waals surface area contributed by atoms with Crippen molar-refractivity contribution in [1.29, 1.82) is 5.26 Å². The van der Waals surface area contributed by atoms with E-state index in [1.807, 2.05) is 30.6 Å². The summed E-state index contributed by atoms with van der Waals surface area (Å²) in [6, 6.07) is 10.1. The van der Waals surface area contributed by atoms with Gasteiger partial charge in [-0.3, -0.25) is 9.88 Å². The fourth-order valence-electron chi connectivity index (χ4n) is 3.50. The Bertz CT molecular complexity index is 1150. The molecular weight excluding hydrogens is 536 g/mol. The zero-order chi connectivity index (χ0) is 29.2. The van der Waals surface area contributed by atoms with Crippen LogP contribution in [0.2, 0.25) is 0 Å². The number of hydrogen-bond acceptors (Lipinski definition) is 6. The normalized spacial score (nSPS) is 15.0. The number of rotatable bonds is 6. The van der Waals surface area contributed by atoms with E-state index in [0.29, 0.717) is 6.61 Å². The second-order valence-corrected chi connectivity index (χ2v) is 8.77. The van der Waals surface area contributed by atoms with Gasteiger partial charge in [0.05, 0.1) is 18.2 Å². The number of carboxylic acid groups (broad SMARTS) is 2. The maximum absolute atomic E-state index is 10.6. The molecule has 14 heteroatoms. The summed E-state index contributed by atoms with van der Waals surface area (Å²) in [4.78, 5) is 24.6. The Morgan fingerprint density at radius 2 is 1.69 bits per heavy atom. The zero-order valence-corrected chi connectivity index (χ0v) is 20.4. The van der Waals surface area contributed by atoms with Crippen molar-refractivity contribution in [3.8, 4) is 6.07 Å². The lowest BCUT2D eigenvalue weighted by Crippen LogP contribution is -2.31. The van der Waals surface area contributed by atoms with E-state index in [9.17, 15) is 26.3 Å². The van der Waals surface area contributed by atoms with E-state index in [-0.39, 0.29) is 0 Å². The number of carbonyl (C=O) groups is 2. The van der Waals surface area contributed by atoms with Gasteiger partial charge in [-0.2, -0.15) is 31.6 Å². The van der Waals surface area contributed by atoms with Crippen molar-refractivity contribution in [1.82, 2.24) is 9.88 Å². The third kappa shape index (κ3) is 11.3. The molecule has 2 aliphatic rings. The molecule has 0 amide bonds. The van der Waals surface area contributed by atoms with Crippen LogP contribution >= 0.6 is 0 Å². The number of nitrogens with zero attached hydrogens (tertiary/aromatic N) is 3. The second kappa shape index (κ2) is 13.9. The zero-order valence-electron chi connectivity index (χ0n) is 20.4. The maximum atomic E-state index is 10.6. The van der Waals surface area contributed by atoms with E-state index >= 15 is 0 Å². The molecule has 1 aromatic heterocycles. The molecule has 0 saturated heterocycles. The fraction of sp³-hybridized carbons (Fsp3) is 0.440. The maximum Gasteiger partial charge on any atom is 0.490 e. The Balaban J connectivity index is 0.000000317. The second-order valence-electron chi connectivity index (χ2n) is 8.77. The molecule has 1 saturated carbocycles. The van der Waals surface area contributed by atoms with Crippen LogP contribution in [0.15, 0.2) is 36.7 Å². The molecular formula is C25H25F6N3O5. The Labute approximate surface area is 219 Å². The number of pyridine rings is 1. The molecule has 1 aliphatic heterocycles. The molecule has 0 spiro atoms. The number of fused-ring (bicyclic) bond motifs is 1. The average Bonchev–Trinajstić information content (AvgIpc) is 3.68. The van der Waals surface area contributed by atoms with Crippen molar-refractivity contribution in [2.75, 3.05) is 13.2 Å². The summed E-state index contributed by atoms with van der Waals surface area (Å²) in [6.45, 7) is 4.40. The lowest BCUT2D eigenvalue weighted by molar-refractivity contribution is -0.193. The van der Waals surface area contributed by atoms with Crippen LogP contribution in [0.3, 0.4) is 0 Å². The van der Waals surface area contributed by atoms with Crippen LogP contribution in [0.1, 0.15) is 40.7 Å². The van der Waals surface area contributed by atoms with Gasteiger partial charge in [0.1, 0.15) is 0 Å². The van der Waals surface area contributed by atoms with Crippen LogP contribution in [0.25, 0.3) is 0 Å². The highest BCUT2D eigenvalue weighted by Gasteiger charge is 2.38. The topological polar surface area (TPSA) is 124 Å². The van der Waals surface area contributed by atoms with Crippen LogP contribution in [0.4, 0.5) is 26.3 Å². The van der Waals surface area contributed by atoms with Crippen molar-refractivity contribution < 1.29 is 50.9 Å². The van der Waals surface area contributed by atoms with Crippen LogP contribution in [-0.2, 0) is 40.4 Å². The molecule has 4 rings (SSSR count). The molecule has 2 N–H and O–H groups in total. The summed E-state index contributed by atoms with van der Waals surface area (Å²) in [5, 5.41) is 23.3. The van der Waals surface area contributed by atoms with Gasteiger partial charge in [-0.15, -0.1) is 0 Å². The third-order valence-corrected chi connectivity index (χ3v) is 5.56. The number of alkyl halides is 6. The Hall–Kier alpha value is -3.70. The first-order valence-electron chi connectivity index (χ1n) is 11.5. The molecule has 1 fully saturated rings. The molecule has 0 radical (unpaired) electrons. The van der Waals surface area contributed by atoms with Gasteiger partial charge in [-0.05, 0) is 59.6 Å². The lowest BCUT2D eigenvalue weighted by atomic mass is 9.97. The first kappa shape index (κ1) is 31.5. The van der Waals surface area contributed by atoms with Gasteiger partial charge in [0.15, 0.2) is 0 Å². The summed E-state index contributed by atoms with van der Waals surface area (Å²) in [6.07, 6.45) is -2.51. The van der Waals surface area contributed by atoms with Crippen LogP contribution in [-0.4, -0.2) is 57.5 Å². The first-order chi connectivity index (χ1) is 18.2. The minimum absolute atomic E-state index is 0.691. The highest BCUT2D eigenvalue weighted by atomic mass is 19.4. The standard InChI is InChI=1S/C21H23N3O.2C2HF3O2/c22-9-17-2-1-3-18(8-17)12-24-7-6-21-19(13-24)10-23-11-20(21)15-25-14-16-4-5-16;2*3-2(4,5)1(6)7/h1-3,8,10-11,16H,4-7,12-15H2;2*(H,6,7). The SMILES string of the molecule is N#Cc1cccc(CN2CCc3c(COCC4CC4)cncc3C2)c1.O=C(O)C(F)(F)F.O=C(O)C(F)(F)F. The largest absolute Gasteiger partial charge is 0.490 e. The number of hydrogen-bond donors (Lipinski definition) is 2. The summed E-state index contributed by atoms with van der Waals surface area (Å²) >= 11 is 0. The molecule has 0 atom stereocenters. The van der Waals surface area contributed by atoms with E-state index in [0.717, 1.165) is 44.1 Å². The van der Waals surface area contributed by atoms with Gasteiger partial charge in [-0.1, -0.05) is 12.1 Å². The molecule has 0 bridgehead atoms. The first-order valence-corrected chi connectivity index (χ1v) is 11.5. The van der Waals surface area contributed by atoms with Crippen molar-refractivity contribution in [3.05, 3.63) is 64.5 Å². The molecule has 39 heavy (non-hydrogen) atoms. The fourth-order valence-corrected chi connectivity index (χ4v) is 3.50. The molecule has 212 valence electrons. The quantitative estimate of drug-likeness (QED) is 0.487. The van der Waals surface area contributed by atoms with Gasteiger partial charge in [0.25, 0.3) is 0 Å². The van der Waals surface area contributed by atoms with E-state index in [1.165, 1.54) is 35.1 Å². The number of halogens is 6. The summed E-state index contributed by atoms with van der Waals surface area (Å²) in [5.41, 5.74) is 5.92.